The van der Waals surface area contributed by atoms with Crippen LogP contribution < -0.4 is 14.8 Å². The van der Waals surface area contributed by atoms with Crippen molar-refractivity contribution in [2.45, 2.75) is 13.0 Å². The molecule has 1 aliphatic heterocycles. The van der Waals surface area contributed by atoms with Gasteiger partial charge in [-0.05, 0) is 24.6 Å². The Morgan fingerprint density at radius 2 is 1.68 bits per heavy atom. The molecule has 1 heterocycles. The minimum atomic E-state index is -0.156. The molecule has 1 amide bonds. The highest BCUT2D eigenvalue weighted by Crippen LogP contribution is 2.24. The van der Waals surface area contributed by atoms with Crippen molar-refractivity contribution >= 4 is 5.91 Å². The second-order valence-electron chi connectivity index (χ2n) is 6.95. The number of hydrogen-bond donors (Lipinski definition) is 1. The molecule has 1 saturated heterocycles. The monoisotopic (exact) mass is 384 g/mol. The summed E-state index contributed by atoms with van der Waals surface area (Å²) in [7, 11) is 3.15. The topological polar surface area (TPSA) is 60.0 Å². The molecule has 1 aliphatic rings. The summed E-state index contributed by atoms with van der Waals surface area (Å²) in [5, 5.41) is 3.19. The molecule has 1 N–H and O–H groups in total. The first kappa shape index (κ1) is 20.2. The molecule has 1 atom stereocenters. The third kappa shape index (κ3) is 5.24. The molecule has 0 unspecified atom stereocenters. The fraction of sp³-hybridized carbons (Fsp3) is 0.409. The summed E-state index contributed by atoms with van der Waals surface area (Å²) in [6.45, 7) is 5.97. The number of nitrogens with one attached hydrogen (secondary N) is 1. The van der Waals surface area contributed by atoms with Gasteiger partial charge in [0.15, 0.2) is 0 Å². The smallest absolute Gasteiger partial charge is 0.252 e. The van der Waals surface area contributed by atoms with Gasteiger partial charge < -0.3 is 19.5 Å². The number of benzene rings is 2. The summed E-state index contributed by atoms with van der Waals surface area (Å²) >= 11 is 0. The van der Waals surface area contributed by atoms with Crippen molar-refractivity contribution in [1.82, 2.24) is 10.2 Å². The van der Waals surface area contributed by atoms with Crippen molar-refractivity contribution in [2.24, 2.45) is 0 Å². The molecular formula is C22H28N2O4. The number of nitrogens with zero attached hydrogens (tertiary/aromatic N) is 1. The first-order valence-electron chi connectivity index (χ1n) is 9.49. The van der Waals surface area contributed by atoms with Crippen LogP contribution >= 0.6 is 0 Å². The number of aryl methyl sites for hydroxylation is 1. The first-order valence-corrected chi connectivity index (χ1v) is 9.49. The third-order valence-corrected chi connectivity index (χ3v) is 4.94. The zero-order valence-electron chi connectivity index (χ0n) is 16.7. The summed E-state index contributed by atoms with van der Waals surface area (Å²) < 4.78 is 16.0. The standard InChI is InChI=1S/C22H28N2O4/c1-16-4-6-17(7-5-16)21(15-24-8-10-28-11-9-24)23-22(25)18-12-19(26-2)14-20(13-18)27-3/h4-7,12-14,21H,8-11,15H2,1-3H3,(H,23,25)/t21-/m0/s1. The van der Waals surface area contributed by atoms with E-state index in [0.717, 1.165) is 38.4 Å². The Kier molecular flexibility index (Phi) is 6.90. The number of rotatable bonds is 7. The lowest BCUT2D eigenvalue weighted by atomic mass is 10.0. The number of carbonyl (C=O) groups is 1. The van der Waals surface area contributed by atoms with E-state index in [1.807, 2.05) is 0 Å². The van der Waals surface area contributed by atoms with Crippen molar-refractivity contribution < 1.29 is 19.0 Å². The number of amides is 1. The maximum Gasteiger partial charge on any atom is 0.252 e. The van der Waals surface area contributed by atoms with Crippen LogP contribution in [0.1, 0.15) is 27.5 Å². The number of morpholine rings is 1. The molecule has 2 aromatic carbocycles. The fourth-order valence-electron chi connectivity index (χ4n) is 3.26. The summed E-state index contributed by atoms with van der Waals surface area (Å²) in [5.74, 6) is 1.02. The van der Waals surface area contributed by atoms with E-state index < -0.39 is 0 Å². The van der Waals surface area contributed by atoms with E-state index in [4.69, 9.17) is 14.2 Å². The minimum absolute atomic E-state index is 0.122. The van der Waals surface area contributed by atoms with Crippen LogP contribution in [0.2, 0.25) is 0 Å². The zero-order valence-corrected chi connectivity index (χ0v) is 16.7. The number of ether oxygens (including phenoxy) is 3. The summed E-state index contributed by atoms with van der Waals surface area (Å²) in [5.41, 5.74) is 2.79. The first-order chi connectivity index (χ1) is 13.6. The molecule has 0 spiro atoms. The molecule has 0 radical (unpaired) electrons. The molecule has 6 nitrogen and oxygen atoms in total. The lowest BCUT2D eigenvalue weighted by Gasteiger charge is -2.31. The van der Waals surface area contributed by atoms with Crippen LogP contribution in [0.15, 0.2) is 42.5 Å². The van der Waals surface area contributed by atoms with E-state index in [2.05, 4.69) is 41.4 Å². The van der Waals surface area contributed by atoms with Crippen LogP contribution in [-0.2, 0) is 4.74 Å². The highest BCUT2D eigenvalue weighted by Gasteiger charge is 2.21. The Labute approximate surface area is 166 Å². The van der Waals surface area contributed by atoms with Gasteiger partial charge in [-0.1, -0.05) is 29.8 Å². The van der Waals surface area contributed by atoms with Crippen LogP contribution in [0.3, 0.4) is 0 Å². The van der Waals surface area contributed by atoms with Crippen LogP contribution in [0, 0.1) is 6.92 Å². The van der Waals surface area contributed by atoms with Crippen molar-refractivity contribution in [3.05, 3.63) is 59.2 Å². The van der Waals surface area contributed by atoms with Crippen molar-refractivity contribution in [3.8, 4) is 11.5 Å². The van der Waals surface area contributed by atoms with Crippen LogP contribution in [0.25, 0.3) is 0 Å². The molecule has 28 heavy (non-hydrogen) atoms. The minimum Gasteiger partial charge on any atom is -0.497 e. The Balaban J connectivity index is 1.81. The highest BCUT2D eigenvalue weighted by molar-refractivity contribution is 5.95. The maximum atomic E-state index is 13.0. The Hall–Kier alpha value is -2.57. The number of carbonyl (C=O) groups excluding carboxylic acids is 1. The van der Waals surface area contributed by atoms with E-state index >= 15 is 0 Å². The molecule has 2 aromatic rings. The lowest BCUT2D eigenvalue weighted by molar-refractivity contribution is 0.0332. The van der Waals surface area contributed by atoms with Gasteiger partial charge in [-0.2, -0.15) is 0 Å². The Morgan fingerprint density at radius 1 is 1.07 bits per heavy atom. The SMILES string of the molecule is COc1cc(OC)cc(C(=O)N[C@@H](CN2CCOCC2)c2ccc(C)cc2)c1. The predicted molar refractivity (Wildman–Crippen MR) is 108 cm³/mol. The van der Waals surface area contributed by atoms with Gasteiger partial charge in [0, 0.05) is 31.3 Å². The van der Waals surface area contributed by atoms with E-state index in [0.29, 0.717) is 17.1 Å². The van der Waals surface area contributed by atoms with E-state index in [-0.39, 0.29) is 11.9 Å². The predicted octanol–water partition coefficient (Wildman–Crippen LogP) is 2.82. The second-order valence-corrected chi connectivity index (χ2v) is 6.95. The summed E-state index contributed by atoms with van der Waals surface area (Å²) in [6.07, 6.45) is 0. The molecule has 1 fully saturated rings. The van der Waals surface area contributed by atoms with Crippen molar-refractivity contribution in [1.29, 1.82) is 0 Å². The summed E-state index contributed by atoms with van der Waals surface area (Å²) in [4.78, 5) is 15.3. The van der Waals surface area contributed by atoms with E-state index in [9.17, 15) is 4.79 Å². The van der Waals surface area contributed by atoms with Crippen molar-refractivity contribution in [3.63, 3.8) is 0 Å². The fourth-order valence-corrected chi connectivity index (χ4v) is 3.26. The van der Waals surface area contributed by atoms with Gasteiger partial charge in [-0.3, -0.25) is 9.69 Å². The Morgan fingerprint density at radius 3 is 2.25 bits per heavy atom. The van der Waals surface area contributed by atoms with Crippen LogP contribution in [0.4, 0.5) is 0 Å². The molecule has 0 aromatic heterocycles. The quantitative estimate of drug-likeness (QED) is 0.795. The van der Waals surface area contributed by atoms with E-state index in [1.54, 1.807) is 32.4 Å². The van der Waals surface area contributed by atoms with Gasteiger partial charge in [-0.25, -0.2) is 0 Å². The van der Waals surface area contributed by atoms with Gasteiger partial charge in [0.1, 0.15) is 11.5 Å². The average molecular weight is 384 g/mol. The third-order valence-electron chi connectivity index (χ3n) is 4.94. The molecule has 150 valence electrons. The normalized spacial score (nSPS) is 15.7. The van der Waals surface area contributed by atoms with E-state index in [1.165, 1.54) is 5.56 Å². The van der Waals surface area contributed by atoms with Gasteiger partial charge in [-0.15, -0.1) is 0 Å². The van der Waals surface area contributed by atoms with Crippen LogP contribution in [-0.4, -0.2) is 57.9 Å². The molecule has 0 bridgehead atoms. The van der Waals surface area contributed by atoms with Crippen molar-refractivity contribution in [2.75, 3.05) is 47.1 Å². The number of methoxy groups -OCH3 is 2. The zero-order chi connectivity index (χ0) is 19.9. The molecular weight excluding hydrogens is 356 g/mol. The highest BCUT2D eigenvalue weighted by atomic mass is 16.5. The molecule has 0 saturated carbocycles. The van der Waals surface area contributed by atoms with Gasteiger partial charge in [0.05, 0.1) is 33.5 Å². The summed E-state index contributed by atoms with van der Waals surface area (Å²) in [6, 6.07) is 13.4. The number of hydrogen-bond acceptors (Lipinski definition) is 5. The van der Waals surface area contributed by atoms with Gasteiger partial charge in [0.25, 0.3) is 5.91 Å². The maximum absolute atomic E-state index is 13.0. The van der Waals surface area contributed by atoms with Crippen LogP contribution in [0.5, 0.6) is 11.5 Å². The average Bonchev–Trinajstić information content (AvgIpc) is 2.74. The molecule has 6 heteroatoms. The second kappa shape index (κ2) is 9.57. The van der Waals surface area contributed by atoms with Gasteiger partial charge >= 0.3 is 0 Å². The molecule has 3 rings (SSSR count). The largest absolute Gasteiger partial charge is 0.497 e. The molecule has 0 aliphatic carbocycles. The van der Waals surface area contributed by atoms with Gasteiger partial charge in [0.2, 0.25) is 0 Å². The lowest BCUT2D eigenvalue weighted by Crippen LogP contribution is -2.43. The Bertz CT molecular complexity index is 763.